The maximum absolute atomic E-state index is 5.58. The third-order valence-electron chi connectivity index (χ3n) is 2.99. The van der Waals surface area contributed by atoms with Crippen molar-refractivity contribution in [2.75, 3.05) is 13.2 Å². The highest BCUT2D eigenvalue weighted by Crippen LogP contribution is 2.30. The molecule has 2 fully saturated rings. The molecule has 2 saturated heterocycles. The van der Waals surface area contributed by atoms with E-state index in [4.69, 9.17) is 4.74 Å². The summed E-state index contributed by atoms with van der Waals surface area (Å²) in [6, 6.07) is 2.90. The van der Waals surface area contributed by atoms with Crippen LogP contribution >= 0.6 is 27.3 Å². The molecule has 0 N–H and O–H groups in total. The number of ether oxygens (including phenoxy) is 1. The van der Waals surface area contributed by atoms with Crippen molar-refractivity contribution < 1.29 is 4.74 Å². The Morgan fingerprint density at radius 2 is 2.57 bits per heavy atom. The summed E-state index contributed by atoms with van der Waals surface area (Å²) in [6.07, 6.45) is 1.76. The fourth-order valence-electron chi connectivity index (χ4n) is 2.31. The van der Waals surface area contributed by atoms with E-state index >= 15 is 0 Å². The van der Waals surface area contributed by atoms with Gasteiger partial charge in [0.15, 0.2) is 0 Å². The molecule has 4 heteroatoms. The Bertz CT molecular complexity index is 341. The lowest BCUT2D eigenvalue weighted by atomic mass is 10.2. The lowest BCUT2D eigenvalue weighted by molar-refractivity contribution is 0.0277. The van der Waals surface area contributed by atoms with Crippen molar-refractivity contribution in [3.63, 3.8) is 0 Å². The molecule has 2 bridgehead atoms. The number of thiophene rings is 1. The second kappa shape index (κ2) is 3.59. The van der Waals surface area contributed by atoms with E-state index in [9.17, 15) is 0 Å². The van der Waals surface area contributed by atoms with Gasteiger partial charge in [-0.25, -0.2) is 0 Å². The highest BCUT2D eigenvalue weighted by molar-refractivity contribution is 9.10. The van der Waals surface area contributed by atoms with Gasteiger partial charge in [0.25, 0.3) is 0 Å². The number of halogens is 1. The summed E-state index contributed by atoms with van der Waals surface area (Å²) in [6.45, 7) is 3.16. The molecule has 2 aliphatic rings. The molecule has 1 aromatic rings. The van der Waals surface area contributed by atoms with E-state index < -0.39 is 0 Å². The Morgan fingerprint density at radius 1 is 1.64 bits per heavy atom. The van der Waals surface area contributed by atoms with Gasteiger partial charge in [0.05, 0.1) is 12.7 Å². The molecule has 0 spiro atoms. The van der Waals surface area contributed by atoms with Gasteiger partial charge >= 0.3 is 0 Å². The molecule has 2 nitrogen and oxygen atoms in total. The maximum Gasteiger partial charge on any atom is 0.0718 e. The Hall–Kier alpha value is 0.1000. The molecule has 0 saturated carbocycles. The van der Waals surface area contributed by atoms with E-state index in [1.54, 1.807) is 0 Å². The molecule has 0 aromatic carbocycles. The van der Waals surface area contributed by atoms with E-state index in [1.807, 2.05) is 11.3 Å². The number of fused-ring (bicyclic) bond motifs is 2. The largest absolute Gasteiger partial charge is 0.375 e. The van der Waals surface area contributed by atoms with Gasteiger partial charge < -0.3 is 4.74 Å². The Morgan fingerprint density at radius 3 is 3.14 bits per heavy atom. The fourth-order valence-corrected chi connectivity index (χ4v) is 3.79. The first-order valence-electron chi connectivity index (χ1n) is 4.90. The summed E-state index contributed by atoms with van der Waals surface area (Å²) in [5.74, 6) is 0. The zero-order valence-electron chi connectivity index (χ0n) is 7.78. The van der Waals surface area contributed by atoms with Crippen LogP contribution in [-0.4, -0.2) is 30.2 Å². The Kier molecular flexibility index (Phi) is 2.40. The van der Waals surface area contributed by atoms with Gasteiger partial charge in [0.1, 0.15) is 0 Å². The molecular formula is C10H12BrNOS. The molecule has 2 aliphatic heterocycles. The van der Waals surface area contributed by atoms with Crippen molar-refractivity contribution in [3.8, 4) is 0 Å². The van der Waals surface area contributed by atoms with Crippen LogP contribution in [0.1, 0.15) is 11.3 Å². The molecule has 14 heavy (non-hydrogen) atoms. The molecule has 0 radical (unpaired) electrons. The molecule has 3 heterocycles. The summed E-state index contributed by atoms with van der Waals surface area (Å²) in [5, 5.41) is 2.15. The van der Waals surface area contributed by atoms with Crippen molar-refractivity contribution in [2.24, 2.45) is 0 Å². The molecule has 76 valence electrons. The summed E-state index contributed by atoms with van der Waals surface area (Å²) in [5.41, 5.74) is 0. The molecule has 2 atom stereocenters. The summed E-state index contributed by atoms with van der Waals surface area (Å²) < 4.78 is 6.78. The van der Waals surface area contributed by atoms with E-state index in [-0.39, 0.29) is 0 Å². The predicted molar refractivity (Wildman–Crippen MR) is 60.6 cm³/mol. The highest BCUT2D eigenvalue weighted by Gasteiger charge is 2.38. The Balaban J connectivity index is 1.68. The minimum absolute atomic E-state index is 0.517. The molecule has 3 rings (SSSR count). The molecule has 0 amide bonds. The first-order valence-corrected chi connectivity index (χ1v) is 6.57. The minimum Gasteiger partial charge on any atom is -0.375 e. The van der Waals surface area contributed by atoms with Crippen LogP contribution in [0.3, 0.4) is 0 Å². The van der Waals surface area contributed by atoms with Gasteiger partial charge in [0.2, 0.25) is 0 Å². The van der Waals surface area contributed by atoms with Crippen LogP contribution in [0, 0.1) is 0 Å². The van der Waals surface area contributed by atoms with Crippen molar-refractivity contribution in [1.29, 1.82) is 0 Å². The number of morpholine rings is 1. The number of rotatable bonds is 2. The van der Waals surface area contributed by atoms with Crippen LogP contribution in [0.2, 0.25) is 0 Å². The van der Waals surface area contributed by atoms with E-state index in [1.165, 1.54) is 15.8 Å². The van der Waals surface area contributed by atoms with Gasteiger partial charge in [0, 0.05) is 33.9 Å². The normalized spacial score (nSPS) is 31.5. The zero-order chi connectivity index (χ0) is 9.54. The molecule has 0 aliphatic carbocycles. The molecule has 1 aromatic heterocycles. The van der Waals surface area contributed by atoms with Crippen LogP contribution in [0.4, 0.5) is 0 Å². The van der Waals surface area contributed by atoms with Gasteiger partial charge in [-0.05, 0) is 28.4 Å². The standard InChI is InChI=1S/C10H12BrNOS/c11-7-1-10(14-6-7)4-12-3-9-2-8(12)5-13-9/h1,6,8-9H,2-5H2. The van der Waals surface area contributed by atoms with E-state index in [0.29, 0.717) is 12.1 Å². The lowest BCUT2D eigenvalue weighted by Gasteiger charge is -2.25. The third kappa shape index (κ3) is 1.65. The fraction of sp³-hybridized carbons (Fsp3) is 0.600. The number of hydrogen-bond acceptors (Lipinski definition) is 3. The molecular weight excluding hydrogens is 262 g/mol. The number of likely N-dealkylation sites (tertiary alicyclic amines) is 1. The van der Waals surface area contributed by atoms with Crippen molar-refractivity contribution in [3.05, 3.63) is 20.8 Å². The summed E-state index contributed by atoms with van der Waals surface area (Å²) in [4.78, 5) is 4.00. The van der Waals surface area contributed by atoms with Crippen LogP contribution in [0.25, 0.3) is 0 Å². The van der Waals surface area contributed by atoms with Gasteiger partial charge in [-0.3, -0.25) is 4.90 Å². The zero-order valence-corrected chi connectivity index (χ0v) is 10.2. The summed E-state index contributed by atoms with van der Waals surface area (Å²) >= 11 is 5.32. The average molecular weight is 274 g/mol. The van der Waals surface area contributed by atoms with Crippen molar-refractivity contribution >= 4 is 27.3 Å². The van der Waals surface area contributed by atoms with E-state index in [0.717, 1.165) is 19.7 Å². The highest BCUT2D eigenvalue weighted by atomic mass is 79.9. The smallest absolute Gasteiger partial charge is 0.0718 e. The quantitative estimate of drug-likeness (QED) is 0.821. The summed E-state index contributed by atoms with van der Waals surface area (Å²) in [7, 11) is 0. The first kappa shape index (κ1) is 9.33. The van der Waals surface area contributed by atoms with Crippen molar-refractivity contribution in [2.45, 2.75) is 25.1 Å². The van der Waals surface area contributed by atoms with Gasteiger partial charge in [-0.15, -0.1) is 11.3 Å². The minimum atomic E-state index is 0.517. The Labute approximate surface area is 96.0 Å². The average Bonchev–Trinajstić information content (AvgIpc) is 2.82. The van der Waals surface area contributed by atoms with Gasteiger partial charge in [-0.1, -0.05) is 0 Å². The monoisotopic (exact) mass is 273 g/mol. The lowest BCUT2D eigenvalue weighted by Crippen LogP contribution is -2.36. The van der Waals surface area contributed by atoms with Crippen LogP contribution in [0.5, 0.6) is 0 Å². The molecule has 2 unspecified atom stereocenters. The van der Waals surface area contributed by atoms with E-state index in [2.05, 4.69) is 32.3 Å². The van der Waals surface area contributed by atoms with Crippen LogP contribution in [0.15, 0.2) is 15.9 Å². The van der Waals surface area contributed by atoms with Gasteiger partial charge in [-0.2, -0.15) is 0 Å². The maximum atomic E-state index is 5.58. The third-order valence-corrected chi connectivity index (χ3v) is 4.68. The second-order valence-corrected chi connectivity index (χ2v) is 5.92. The van der Waals surface area contributed by atoms with Crippen LogP contribution < -0.4 is 0 Å². The first-order chi connectivity index (χ1) is 6.81. The number of nitrogens with zero attached hydrogens (tertiary/aromatic N) is 1. The van der Waals surface area contributed by atoms with Crippen LogP contribution in [-0.2, 0) is 11.3 Å². The SMILES string of the molecule is Brc1csc(CN2CC3CC2CO3)c1. The second-order valence-electron chi connectivity index (χ2n) is 4.01. The topological polar surface area (TPSA) is 12.5 Å². The predicted octanol–water partition coefficient (Wildman–Crippen LogP) is 2.48. The number of hydrogen-bond donors (Lipinski definition) is 0. The van der Waals surface area contributed by atoms with Crippen molar-refractivity contribution in [1.82, 2.24) is 4.90 Å².